The first-order chi connectivity index (χ1) is 10.7. The van der Waals surface area contributed by atoms with Gasteiger partial charge in [-0.2, -0.15) is 0 Å². The Morgan fingerprint density at radius 2 is 1.73 bits per heavy atom. The normalized spacial score (nSPS) is 10.1. The summed E-state index contributed by atoms with van der Waals surface area (Å²) >= 11 is 0. The van der Waals surface area contributed by atoms with Gasteiger partial charge in [0.05, 0.1) is 6.61 Å². The van der Waals surface area contributed by atoms with Crippen molar-refractivity contribution in [1.82, 2.24) is 0 Å². The summed E-state index contributed by atoms with van der Waals surface area (Å²) in [6.07, 6.45) is 0.330. The van der Waals surface area contributed by atoms with Gasteiger partial charge in [0.1, 0.15) is 12.4 Å². The second kappa shape index (κ2) is 8.08. The largest absolute Gasteiger partial charge is 0.490 e. The van der Waals surface area contributed by atoms with Crippen molar-refractivity contribution in [3.05, 3.63) is 54.1 Å². The predicted molar refractivity (Wildman–Crippen MR) is 84.3 cm³/mol. The first kappa shape index (κ1) is 15.9. The smallest absolute Gasteiger partial charge is 0.310 e. The average Bonchev–Trinajstić information content (AvgIpc) is 2.55. The van der Waals surface area contributed by atoms with Crippen LogP contribution < -0.4 is 14.2 Å². The molecular formula is C18H20O4. The summed E-state index contributed by atoms with van der Waals surface area (Å²) in [5, 5.41) is 0. The fourth-order valence-electron chi connectivity index (χ4n) is 1.88. The fraction of sp³-hybridized carbons (Fsp3) is 0.278. The Morgan fingerprint density at radius 3 is 2.41 bits per heavy atom. The summed E-state index contributed by atoms with van der Waals surface area (Å²) in [5.41, 5.74) is 1.08. The maximum absolute atomic E-state index is 11.4. The van der Waals surface area contributed by atoms with Crippen LogP contribution in [-0.4, -0.2) is 12.6 Å². The van der Waals surface area contributed by atoms with Gasteiger partial charge in [-0.1, -0.05) is 37.3 Å². The lowest BCUT2D eigenvalue weighted by Crippen LogP contribution is -2.06. The molecule has 0 spiro atoms. The molecule has 2 rings (SSSR count). The highest BCUT2D eigenvalue weighted by molar-refractivity contribution is 5.72. The van der Waals surface area contributed by atoms with Crippen LogP contribution in [0, 0.1) is 0 Å². The minimum absolute atomic E-state index is 0.277. The molecule has 0 saturated carbocycles. The van der Waals surface area contributed by atoms with Crippen LogP contribution in [0.25, 0.3) is 0 Å². The van der Waals surface area contributed by atoms with E-state index in [2.05, 4.69) is 0 Å². The van der Waals surface area contributed by atoms with Crippen molar-refractivity contribution in [3.8, 4) is 17.2 Å². The van der Waals surface area contributed by atoms with Gasteiger partial charge in [0.2, 0.25) is 0 Å². The highest BCUT2D eigenvalue weighted by atomic mass is 16.5. The van der Waals surface area contributed by atoms with Crippen LogP contribution in [0.4, 0.5) is 0 Å². The lowest BCUT2D eigenvalue weighted by Gasteiger charge is -2.13. The quantitative estimate of drug-likeness (QED) is 0.573. The van der Waals surface area contributed by atoms with Crippen LogP contribution in [0.2, 0.25) is 0 Å². The molecule has 0 N–H and O–H groups in total. The molecule has 0 atom stereocenters. The molecule has 4 nitrogen and oxygen atoms in total. The third-order valence-electron chi connectivity index (χ3n) is 2.97. The molecule has 0 aromatic heterocycles. The summed E-state index contributed by atoms with van der Waals surface area (Å²) in [6.45, 7) is 4.61. The monoisotopic (exact) mass is 300 g/mol. The number of hydrogen-bond acceptors (Lipinski definition) is 4. The molecule has 0 aliphatic heterocycles. The van der Waals surface area contributed by atoms with Crippen LogP contribution in [0.1, 0.15) is 25.8 Å². The molecule has 0 unspecified atom stereocenters. The van der Waals surface area contributed by atoms with Crippen LogP contribution in [0.3, 0.4) is 0 Å². The van der Waals surface area contributed by atoms with Crippen LogP contribution >= 0.6 is 0 Å². The molecule has 0 aliphatic rings. The van der Waals surface area contributed by atoms with Gasteiger partial charge in [-0.05, 0) is 24.6 Å². The topological polar surface area (TPSA) is 44.8 Å². The van der Waals surface area contributed by atoms with Gasteiger partial charge in [-0.25, -0.2) is 0 Å². The van der Waals surface area contributed by atoms with E-state index in [1.807, 2.05) is 37.3 Å². The van der Waals surface area contributed by atoms with Crippen LogP contribution in [0.5, 0.6) is 17.2 Å². The van der Waals surface area contributed by atoms with Crippen molar-refractivity contribution in [2.45, 2.75) is 26.9 Å². The summed E-state index contributed by atoms with van der Waals surface area (Å²) in [7, 11) is 0. The van der Waals surface area contributed by atoms with Crippen LogP contribution in [0.15, 0.2) is 48.5 Å². The number of hydrogen-bond donors (Lipinski definition) is 0. The first-order valence-electron chi connectivity index (χ1n) is 7.37. The number of carbonyl (C=O) groups excluding carboxylic acids is 1. The Kier molecular flexibility index (Phi) is 5.83. The predicted octanol–water partition coefficient (Wildman–Crippen LogP) is 3.98. The van der Waals surface area contributed by atoms with E-state index in [0.29, 0.717) is 36.9 Å². The maximum atomic E-state index is 11.4. The van der Waals surface area contributed by atoms with Crippen molar-refractivity contribution < 1.29 is 19.0 Å². The van der Waals surface area contributed by atoms with Gasteiger partial charge in [0.15, 0.2) is 11.5 Å². The minimum Gasteiger partial charge on any atom is -0.490 e. The molecule has 0 fully saturated rings. The molecule has 22 heavy (non-hydrogen) atoms. The molecule has 0 aliphatic carbocycles. The number of carbonyl (C=O) groups is 1. The van der Waals surface area contributed by atoms with E-state index in [-0.39, 0.29) is 5.97 Å². The third kappa shape index (κ3) is 4.52. The standard InChI is InChI=1S/C18H20O4/c1-3-18(19)22-15-10-11-16(17(12-15)20-4-2)21-13-14-8-6-5-7-9-14/h5-12H,3-4,13H2,1-2H3. The van der Waals surface area contributed by atoms with Gasteiger partial charge in [-0.15, -0.1) is 0 Å². The van der Waals surface area contributed by atoms with E-state index in [0.717, 1.165) is 5.56 Å². The lowest BCUT2D eigenvalue weighted by atomic mass is 10.2. The highest BCUT2D eigenvalue weighted by Gasteiger charge is 2.09. The second-order valence-corrected chi connectivity index (χ2v) is 4.64. The van der Waals surface area contributed by atoms with Gasteiger partial charge in [0.25, 0.3) is 0 Å². The maximum Gasteiger partial charge on any atom is 0.310 e. The summed E-state index contributed by atoms with van der Waals surface area (Å²) < 4.78 is 16.6. The number of ether oxygens (including phenoxy) is 3. The van der Waals surface area contributed by atoms with E-state index < -0.39 is 0 Å². The summed E-state index contributed by atoms with van der Waals surface area (Å²) in [6, 6.07) is 15.0. The Labute approximate surface area is 130 Å². The summed E-state index contributed by atoms with van der Waals surface area (Å²) in [5.74, 6) is 1.38. The molecule has 0 radical (unpaired) electrons. The lowest BCUT2D eigenvalue weighted by molar-refractivity contribution is -0.134. The molecule has 0 heterocycles. The zero-order valence-corrected chi connectivity index (χ0v) is 12.9. The Morgan fingerprint density at radius 1 is 0.955 bits per heavy atom. The molecule has 116 valence electrons. The molecule has 0 bridgehead atoms. The number of rotatable bonds is 7. The Balaban J connectivity index is 2.10. The van der Waals surface area contributed by atoms with Crippen molar-refractivity contribution in [2.24, 2.45) is 0 Å². The number of benzene rings is 2. The zero-order valence-electron chi connectivity index (χ0n) is 12.9. The molecule has 2 aromatic carbocycles. The third-order valence-corrected chi connectivity index (χ3v) is 2.97. The van der Waals surface area contributed by atoms with E-state index in [1.165, 1.54) is 0 Å². The first-order valence-corrected chi connectivity index (χ1v) is 7.37. The number of esters is 1. The van der Waals surface area contributed by atoms with Crippen molar-refractivity contribution >= 4 is 5.97 Å². The van der Waals surface area contributed by atoms with Crippen LogP contribution in [-0.2, 0) is 11.4 Å². The Hall–Kier alpha value is -2.49. The van der Waals surface area contributed by atoms with Gasteiger partial charge in [-0.3, -0.25) is 4.79 Å². The van der Waals surface area contributed by atoms with Gasteiger partial charge in [0, 0.05) is 12.5 Å². The molecule has 0 amide bonds. The fourth-order valence-corrected chi connectivity index (χ4v) is 1.88. The van der Waals surface area contributed by atoms with Crippen molar-refractivity contribution in [3.63, 3.8) is 0 Å². The molecular weight excluding hydrogens is 280 g/mol. The molecule has 0 saturated heterocycles. The van der Waals surface area contributed by atoms with E-state index >= 15 is 0 Å². The van der Waals surface area contributed by atoms with Crippen molar-refractivity contribution in [1.29, 1.82) is 0 Å². The van der Waals surface area contributed by atoms with Gasteiger partial charge >= 0.3 is 5.97 Å². The average molecular weight is 300 g/mol. The minimum atomic E-state index is -0.277. The zero-order chi connectivity index (χ0) is 15.8. The van der Waals surface area contributed by atoms with Gasteiger partial charge < -0.3 is 14.2 Å². The second-order valence-electron chi connectivity index (χ2n) is 4.64. The SMILES string of the molecule is CCOc1cc(OC(=O)CC)ccc1OCc1ccccc1. The molecule has 2 aromatic rings. The highest BCUT2D eigenvalue weighted by Crippen LogP contribution is 2.32. The Bertz CT molecular complexity index is 608. The van der Waals surface area contributed by atoms with E-state index in [9.17, 15) is 4.79 Å². The van der Waals surface area contributed by atoms with E-state index in [4.69, 9.17) is 14.2 Å². The molecule has 4 heteroatoms. The van der Waals surface area contributed by atoms with E-state index in [1.54, 1.807) is 25.1 Å². The summed E-state index contributed by atoms with van der Waals surface area (Å²) in [4.78, 5) is 11.4. The van der Waals surface area contributed by atoms with Crippen molar-refractivity contribution in [2.75, 3.05) is 6.61 Å².